The van der Waals surface area contributed by atoms with Gasteiger partial charge in [-0.05, 0) is 6.92 Å². The summed E-state index contributed by atoms with van der Waals surface area (Å²) in [6.45, 7) is -0.142. The van der Waals surface area contributed by atoms with Crippen molar-refractivity contribution < 1.29 is 18.0 Å². The fourth-order valence-electron chi connectivity index (χ4n) is 2.12. The van der Waals surface area contributed by atoms with E-state index < -0.39 is 35.9 Å². The molecule has 0 fully saturated rings. The molecule has 0 saturated carbocycles. The van der Waals surface area contributed by atoms with Crippen molar-refractivity contribution in [2.75, 3.05) is 6.54 Å². The van der Waals surface area contributed by atoms with Crippen LogP contribution in [0.25, 0.3) is 11.2 Å². The van der Waals surface area contributed by atoms with Crippen LogP contribution in [-0.2, 0) is 18.9 Å². The molecule has 2 heterocycles. The van der Waals surface area contributed by atoms with Gasteiger partial charge in [0.2, 0.25) is 5.91 Å². The third-order valence-corrected chi connectivity index (χ3v) is 3.43. The van der Waals surface area contributed by atoms with Gasteiger partial charge in [-0.1, -0.05) is 0 Å². The van der Waals surface area contributed by atoms with Crippen LogP contribution in [0.2, 0.25) is 0 Å². The van der Waals surface area contributed by atoms with Gasteiger partial charge in [-0.3, -0.25) is 18.7 Å². The Hall–Kier alpha value is -2.59. The first kappa shape index (κ1) is 16.8. The average Bonchev–Trinajstić information content (AvgIpc) is 2.91. The molecule has 2 aromatic heterocycles. The summed E-state index contributed by atoms with van der Waals surface area (Å²) in [4.78, 5) is 39.8. The van der Waals surface area contributed by atoms with Crippen molar-refractivity contribution in [3.05, 3.63) is 27.2 Å². The third kappa shape index (κ3) is 2.98. The molecule has 0 spiro atoms. The van der Waals surface area contributed by atoms with Crippen LogP contribution in [0.15, 0.2) is 15.9 Å². The molecule has 1 N–H and O–H groups in total. The normalized spacial score (nSPS) is 13.3. The minimum Gasteiger partial charge on any atom is -0.345 e. The van der Waals surface area contributed by atoms with Crippen LogP contribution in [0, 0.1) is 0 Å². The summed E-state index contributed by atoms with van der Waals surface area (Å²) in [5.74, 6) is -0.919. The summed E-state index contributed by atoms with van der Waals surface area (Å²) >= 11 is 0. The molecule has 11 heteroatoms. The zero-order valence-corrected chi connectivity index (χ0v) is 12.5. The monoisotopic (exact) mass is 333 g/mol. The van der Waals surface area contributed by atoms with Crippen molar-refractivity contribution in [2.45, 2.75) is 19.1 Å². The molecule has 126 valence electrons. The second-order valence-electron chi connectivity index (χ2n) is 5.04. The molecule has 0 saturated heterocycles. The molecule has 1 unspecified atom stereocenters. The lowest BCUT2D eigenvalue weighted by Gasteiger charge is -2.15. The van der Waals surface area contributed by atoms with Gasteiger partial charge in [0.1, 0.15) is 12.6 Å². The molecule has 1 atom stereocenters. The molecule has 1 amide bonds. The van der Waals surface area contributed by atoms with E-state index in [1.54, 1.807) is 5.32 Å². The van der Waals surface area contributed by atoms with E-state index in [2.05, 4.69) is 4.98 Å². The molecule has 0 aromatic carbocycles. The number of carbonyl (C=O) groups is 1. The lowest BCUT2D eigenvalue weighted by atomic mass is 10.3. The first-order chi connectivity index (χ1) is 10.5. The number of rotatable bonds is 3. The Morgan fingerprint density at radius 3 is 2.48 bits per heavy atom. The number of halogens is 3. The first-order valence-corrected chi connectivity index (χ1v) is 6.51. The van der Waals surface area contributed by atoms with E-state index in [4.69, 9.17) is 0 Å². The van der Waals surface area contributed by atoms with Gasteiger partial charge in [0.25, 0.3) is 5.56 Å². The number of aryl methyl sites for hydroxylation is 1. The van der Waals surface area contributed by atoms with E-state index in [0.29, 0.717) is 0 Å². The number of nitrogens with zero attached hydrogens (tertiary/aromatic N) is 4. The lowest BCUT2D eigenvalue weighted by Crippen LogP contribution is -2.40. The van der Waals surface area contributed by atoms with E-state index in [0.717, 1.165) is 20.0 Å². The van der Waals surface area contributed by atoms with Gasteiger partial charge in [-0.25, -0.2) is 9.78 Å². The van der Waals surface area contributed by atoms with Gasteiger partial charge in [0.05, 0.1) is 6.33 Å². The molecular formula is C12H14F3N5O3. The first-order valence-electron chi connectivity index (χ1n) is 6.51. The van der Waals surface area contributed by atoms with E-state index in [9.17, 15) is 27.6 Å². The number of imidazole rings is 1. The van der Waals surface area contributed by atoms with Crippen molar-refractivity contribution in [2.24, 2.45) is 14.1 Å². The predicted octanol–water partition coefficient (Wildman–Crippen LogP) is -0.327. The van der Waals surface area contributed by atoms with Crippen LogP contribution in [0.3, 0.4) is 0 Å². The highest BCUT2D eigenvalue weighted by molar-refractivity contribution is 5.82. The van der Waals surface area contributed by atoms with Crippen LogP contribution in [0.4, 0.5) is 13.2 Å². The van der Waals surface area contributed by atoms with E-state index >= 15 is 0 Å². The molecule has 0 aliphatic carbocycles. The van der Waals surface area contributed by atoms with E-state index in [-0.39, 0.29) is 11.2 Å². The van der Waals surface area contributed by atoms with Crippen molar-refractivity contribution in [3.63, 3.8) is 0 Å². The standard InChI is InChI=1S/C12H14F3N5O3/c1-6(9(21)16-4-12(13,14)15)20-5-17-8-7(20)10(22)19(3)11(23)18(8)2/h5-6H,4H2,1-3H3,(H,16,21). The Labute approximate surface area is 127 Å². The molecule has 0 radical (unpaired) electrons. The number of carbonyl (C=O) groups excluding carboxylic acids is 1. The number of fused-ring (bicyclic) bond motifs is 1. The van der Waals surface area contributed by atoms with Crippen LogP contribution in [0.1, 0.15) is 13.0 Å². The van der Waals surface area contributed by atoms with Crippen molar-refractivity contribution >= 4 is 17.1 Å². The Morgan fingerprint density at radius 1 is 1.30 bits per heavy atom. The maximum absolute atomic E-state index is 12.2. The smallest absolute Gasteiger partial charge is 0.345 e. The number of hydrogen-bond acceptors (Lipinski definition) is 4. The fourth-order valence-corrected chi connectivity index (χ4v) is 2.12. The predicted molar refractivity (Wildman–Crippen MR) is 74.0 cm³/mol. The molecule has 0 aliphatic rings. The summed E-state index contributed by atoms with van der Waals surface area (Å²) in [6, 6.07) is -1.10. The SMILES string of the molecule is CC(C(=O)NCC(F)(F)F)n1cnc2c1c(=O)n(C)c(=O)n2C. The highest BCUT2D eigenvalue weighted by atomic mass is 19.4. The third-order valence-electron chi connectivity index (χ3n) is 3.43. The topological polar surface area (TPSA) is 90.9 Å². The zero-order valence-electron chi connectivity index (χ0n) is 12.5. The highest BCUT2D eigenvalue weighted by Gasteiger charge is 2.29. The number of alkyl halides is 3. The molecule has 23 heavy (non-hydrogen) atoms. The van der Waals surface area contributed by atoms with E-state index in [1.165, 1.54) is 21.0 Å². The fraction of sp³-hybridized carbons (Fsp3) is 0.500. The summed E-state index contributed by atoms with van der Waals surface area (Å²) in [6.07, 6.45) is -3.39. The Balaban J connectivity index is 2.47. The van der Waals surface area contributed by atoms with Gasteiger partial charge in [-0.15, -0.1) is 0 Å². The molecule has 2 aromatic rings. The second kappa shape index (κ2) is 5.56. The maximum Gasteiger partial charge on any atom is 0.405 e. The van der Waals surface area contributed by atoms with Gasteiger partial charge in [-0.2, -0.15) is 13.2 Å². The molecule has 0 bridgehead atoms. The van der Waals surface area contributed by atoms with Crippen LogP contribution < -0.4 is 16.6 Å². The quantitative estimate of drug-likeness (QED) is 0.833. The van der Waals surface area contributed by atoms with Gasteiger partial charge in [0, 0.05) is 14.1 Å². The van der Waals surface area contributed by atoms with Crippen LogP contribution >= 0.6 is 0 Å². The number of nitrogens with one attached hydrogen (secondary N) is 1. The molecule has 8 nitrogen and oxygen atoms in total. The minimum atomic E-state index is -4.54. The molecular weight excluding hydrogens is 319 g/mol. The molecule has 2 rings (SSSR count). The van der Waals surface area contributed by atoms with Gasteiger partial charge >= 0.3 is 11.9 Å². The largest absolute Gasteiger partial charge is 0.405 e. The Kier molecular flexibility index (Phi) is 4.05. The summed E-state index contributed by atoms with van der Waals surface area (Å²) < 4.78 is 39.6. The Morgan fingerprint density at radius 2 is 1.91 bits per heavy atom. The van der Waals surface area contributed by atoms with Gasteiger partial charge in [0.15, 0.2) is 11.2 Å². The average molecular weight is 333 g/mol. The number of amides is 1. The maximum atomic E-state index is 12.2. The minimum absolute atomic E-state index is 0.0377. The second-order valence-corrected chi connectivity index (χ2v) is 5.04. The summed E-state index contributed by atoms with van der Waals surface area (Å²) in [7, 11) is 2.66. The summed E-state index contributed by atoms with van der Waals surface area (Å²) in [5.41, 5.74) is -1.27. The van der Waals surface area contributed by atoms with Crippen LogP contribution in [-0.4, -0.2) is 37.3 Å². The lowest BCUT2D eigenvalue weighted by molar-refractivity contribution is -0.140. The van der Waals surface area contributed by atoms with Crippen molar-refractivity contribution in [1.82, 2.24) is 24.0 Å². The van der Waals surface area contributed by atoms with Crippen LogP contribution in [0.5, 0.6) is 0 Å². The zero-order chi connectivity index (χ0) is 17.5. The highest BCUT2D eigenvalue weighted by Crippen LogP contribution is 2.15. The molecule has 0 aliphatic heterocycles. The van der Waals surface area contributed by atoms with Gasteiger partial charge < -0.3 is 9.88 Å². The number of hydrogen-bond donors (Lipinski definition) is 1. The van der Waals surface area contributed by atoms with Crippen molar-refractivity contribution in [1.29, 1.82) is 0 Å². The number of aromatic nitrogens is 4. The summed E-state index contributed by atoms with van der Waals surface area (Å²) in [5, 5.41) is 1.75. The Bertz CT molecular complexity index is 877. The van der Waals surface area contributed by atoms with Crippen molar-refractivity contribution in [3.8, 4) is 0 Å². The van der Waals surface area contributed by atoms with E-state index in [1.807, 2.05) is 0 Å².